The second-order valence-electron chi connectivity index (χ2n) is 5.40. The van der Waals surface area contributed by atoms with Gasteiger partial charge in [-0.15, -0.1) is 9.90 Å². The molecule has 2 aromatic heterocycles. The third-order valence-corrected chi connectivity index (χ3v) is 3.42. The molecule has 0 saturated carbocycles. The number of amides is 4. The van der Waals surface area contributed by atoms with Gasteiger partial charge in [-0.3, -0.25) is 14.9 Å². The van der Waals surface area contributed by atoms with E-state index in [9.17, 15) is 23.2 Å². The first kappa shape index (κ1) is 16.4. The lowest BCUT2D eigenvalue weighted by Gasteiger charge is -2.20. The molecule has 3 heterocycles. The van der Waals surface area contributed by atoms with Crippen molar-refractivity contribution in [2.45, 2.75) is 12.5 Å². The van der Waals surface area contributed by atoms with Crippen molar-refractivity contribution in [1.29, 1.82) is 0 Å². The maximum atomic E-state index is 13.6. The molecular weight excluding hydrogens is 340 g/mol. The van der Waals surface area contributed by atoms with Crippen LogP contribution in [0, 0.1) is 11.6 Å². The van der Waals surface area contributed by atoms with Crippen molar-refractivity contribution in [2.24, 2.45) is 0 Å². The van der Waals surface area contributed by atoms with Gasteiger partial charge in [0, 0.05) is 12.6 Å². The molecule has 0 radical (unpaired) electrons. The zero-order valence-electron chi connectivity index (χ0n) is 12.7. The van der Waals surface area contributed by atoms with Gasteiger partial charge >= 0.3 is 6.03 Å². The Labute approximate surface area is 138 Å². The molecule has 0 bridgehead atoms. The highest BCUT2D eigenvalue weighted by Gasteiger charge is 2.42. The van der Waals surface area contributed by atoms with Crippen molar-refractivity contribution in [1.82, 2.24) is 35.9 Å². The highest BCUT2D eigenvalue weighted by molar-refractivity contribution is 6.07. The van der Waals surface area contributed by atoms with Gasteiger partial charge in [0.15, 0.2) is 11.5 Å². The maximum absolute atomic E-state index is 13.6. The first-order valence-electron chi connectivity index (χ1n) is 6.94. The van der Waals surface area contributed by atoms with Crippen molar-refractivity contribution >= 4 is 17.8 Å². The number of pyridine rings is 1. The molecule has 1 aliphatic rings. The average molecular weight is 351 g/mol. The van der Waals surface area contributed by atoms with Crippen LogP contribution in [0.2, 0.25) is 0 Å². The van der Waals surface area contributed by atoms with E-state index in [1.807, 2.05) is 0 Å². The SMILES string of the molecule is C[C@]1(CNC(=O)c2cnn(-c3ncc(F)cc3F)n2)NC(=O)NC1=O. The van der Waals surface area contributed by atoms with Gasteiger partial charge in [0.25, 0.3) is 11.8 Å². The molecule has 2 aromatic rings. The Morgan fingerprint density at radius 3 is 2.76 bits per heavy atom. The summed E-state index contributed by atoms with van der Waals surface area (Å²) in [4.78, 5) is 39.1. The zero-order chi connectivity index (χ0) is 18.2. The third kappa shape index (κ3) is 3.13. The van der Waals surface area contributed by atoms with E-state index in [0.29, 0.717) is 6.07 Å². The Hall–Kier alpha value is -3.44. The lowest BCUT2D eigenvalue weighted by Crippen LogP contribution is -2.52. The van der Waals surface area contributed by atoms with Crippen LogP contribution in [0.3, 0.4) is 0 Å². The van der Waals surface area contributed by atoms with Crippen molar-refractivity contribution in [3.05, 3.63) is 35.8 Å². The molecule has 3 rings (SSSR count). The van der Waals surface area contributed by atoms with Gasteiger partial charge in [-0.05, 0) is 6.92 Å². The molecule has 10 nitrogen and oxygen atoms in total. The van der Waals surface area contributed by atoms with Crippen molar-refractivity contribution < 1.29 is 23.2 Å². The van der Waals surface area contributed by atoms with Gasteiger partial charge in [0.1, 0.15) is 11.4 Å². The molecule has 25 heavy (non-hydrogen) atoms. The lowest BCUT2D eigenvalue weighted by atomic mass is 10.0. The summed E-state index contributed by atoms with van der Waals surface area (Å²) in [5.74, 6) is -3.53. The monoisotopic (exact) mass is 351 g/mol. The molecule has 0 unspecified atom stereocenters. The van der Waals surface area contributed by atoms with E-state index in [-0.39, 0.29) is 18.1 Å². The number of rotatable bonds is 4. The Morgan fingerprint density at radius 2 is 2.12 bits per heavy atom. The van der Waals surface area contributed by atoms with Crippen LogP contribution < -0.4 is 16.0 Å². The highest BCUT2D eigenvalue weighted by atomic mass is 19.1. The molecule has 12 heteroatoms. The fraction of sp³-hybridized carbons (Fsp3) is 0.231. The van der Waals surface area contributed by atoms with Crippen molar-refractivity contribution in [3.8, 4) is 5.82 Å². The van der Waals surface area contributed by atoms with Gasteiger partial charge in [-0.25, -0.2) is 18.6 Å². The van der Waals surface area contributed by atoms with Gasteiger partial charge in [0.05, 0.1) is 12.4 Å². The highest BCUT2D eigenvalue weighted by Crippen LogP contribution is 2.10. The van der Waals surface area contributed by atoms with Gasteiger partial charge in [-0.1, -0.05) is 0 Å². The number of carbonyl (C=O) groups excluding carboxylic acids is 3. The normalized spacial score (nSPS) is 19.5. The molecule has 1 aliphatic heterocycles. The fourth-order valence-electron chi connectivity index (χ4n) is 2.08. The number of nitrogens with zero attached hydrogens (tertiary/aromatic N) is 4. The second-order valence-corrected chi connectivity index (χ2v) is 5.40. The Kier molecular flexibility index (Phi) is 3.87. The summed E-state index contributed by atoms with van der Waals surface area (Å²) in [7, 11) is 0. The number of nitrogens with one attached hydrogen (secondary N) is 3. The van der Waals surface area contributed by atoms with Crippen molar-refractivity contribution in [2.75, 3.05) is 6.54 Å². The molecule has 1 saturated heterocycles. The average Bonchev–Trinajstić information content (AvgIpc) is 3.11. The predicted molar refractivity (Wildman–Crippen MR) is 76.5 cm³/mol. The van der Waals surface area contributed by atoms with Gasteiger partial charge < -0.3 is 10.6 Å². The molecular formula is C13H11F2N7O3. The topological polar surface area (TPSA) is 131 Å². The fourth-order valence-corrected chi connectivity index (χ4v) is 2.08. The largest absolute Gasteiger partial charge is 0.348 e. The minimum absolute atomic E-state index is 0.182. The summed E-state index contributed by atoms with van der Waals surface area (Å²) >= 11 is 0. The first-order valence-corrected chi connectivity index (χ1v) is 6.94. The van der Waals surface area contributed by atoms with Crippen LogP contribution in [0.25, 0.3) is 5.82 Å². The molecule has 130 valence electrons. The summed E-state index contributed by atoms with van der Waals surface area (Å²) in [6, 6.07) is -0.0567. The number of imide groups is 1. The zero-order valence-corrected chi connectivity index (χ0v) is 12.7. The predicted octanol–water partition coefficient (Wildman–Crippen LogP) is -0.732. The Morgan fingerprint density at radius 1 is 1.36 bits per heavy atom. The number of hydrogen-bond donors (Lipinski definition) is 3. The first-order chi connectivity index (χ1) is 11.8. The third-order valence-electron chi connectivity index (χ3n) is 3.42. The van der Waals surface area contributed by atoms with Gasteiger partial charge in [0.2, 0.25) is 5.82 Å². The van der Waals surface area contributed by atoms with Crippen LogP contribution in [-0.2, 0) is 4.79 Å². The van der Waals surface area contributed by atoms with Crippen LogP contribution in [-0.4, -0.2) is 49.9 Å². The van der Waals surface area contributed by atoms with E-state index < -0.39 is 35.0 Å². The summed E-state index contributed by atoms with van der Waals surface area (Å²) in [5, 5.41) is 14.3. The molecule has 0 spiro atoms. The van der Waals surface area contributed by atoms with Crippen LogP contribution >= 0.6 is 0 Å². The minimum atomic E-state index is -1.30. The van der Waals surface area contributed by atoms with Crippen LogP contribution in [0.15, 0.2) is 18.5 Å². The summed E-state index contributed by atoms with van der Waals surface area (Å²) < 4.78 is 26.5. The number of aromatic nitrogens is 4. The number of urea groups is 1. The number of hydrogen-bond acceptors (Lipinski definition) is 6. The van der Waals surface area contributed by atoms with Crippen LogP contribution in [0.5, 0.6) is 0 Å². The molecule has 0 aromatic carbocycles. The second kappa shape index (κ2) is 5.89. The van der Waals surface area contributed by atoms with E-state index in [4.69, 9.17) is 0 Å². The van der Waals surface area contributed by atoms with E-state index in [2.05, 4.69) is 31.1 Å². The minimum Gasteiger partial charge on any atom is -0.348 e. The number of halogens is 2. The van der Waals surface area contributed by atoms with E-state index in [1.54, 1.807) is 0 Å². The lowest BCUT2D eigenvalue weighted by molar-refractivity contribution is -0.123. The molecule has 0 aliphatic carbocycles. The molecule has 4 amide bonds. The Balaban J connectivity index is 1.71. The van der Waals surface area contributed by atoms with Crippen molar-refractivity contribution in [3.63, 3.8) is 0 Å². The van der Waals surface area contributed by atoms with Gasteiger partial charge in [-0.2, -0.15) is 5.10 Å². The van der Waals surface area contributed by atoms with E-state index in [1.165, 1.54) is 6.92 Å². The molecule has 1 atom stereocenters. The summed E-state index contributed by atoms with van der Waals surface area (Å²) in [5.41, 5.74) is -1.48. The van der Waals surface area contributed by atoms with E-state index >= 15 is 0 Å². The smallest absolute Gasteiger partial charge is 0.322 e. The standard InChI is InChI=1S/C13H11F2N7O3/c1-13(11(24)19-12(25)20-13)5-17-10(23)8-4-18-22(21-8)9-7(15)2-6(14)3-16-9/h2-4H,5H2,1H3,(H,17,23)(H2,19,20,24,25)/t13-/m1/s1. The summed E-state index contributed by atoms with van der Waals surface area (Å²) in [6.45, 7) is 1.24. The van der Waals surface area contributed by atoms with Crippen LogP contribution in [0.4, 0.5) is 13.6 Å². The molecule has 1 fully saturated rings. The summed E-state index contributed by atoms with van der Waals surface area (Å²) in [6.07, 6.45) is 1.83. The maximum Gasteiger partial charge on any atom is 0.322 e. The number of carbonyl (C=O) groups is 3. The quantitative estimate of drug-likeness (QED) is 0.623. The van der Waals surface area contributed by atoms with Crippen LogP contribution in [0.1, 0.15) is 17.4 Å². The Bertz CT molecular complexity index is 884. The molecule has 3 N–H and O–H groups in total. The van der Waals surface area contributed by atoms with E-state index in [0.717, 1.165) is 17.2 Å².